The molecule has 0 bridgehead atoms. The quantitative estimate of drug-likeness (QED) is 0.914. The van der Waals surface area contributed by atoms with E-state index < -0.39 is 0 Å². The van der Waals surface area contributed by atoms with Crippen LogP contribution in [0.3, 0.4) is 0 Å². The number of rotatable bonds is 4. The summed E-state index contributed by atoms with van der Waals surface area (Å²) >= 11 is 0. The Morgan fingerprint density at radius 3 is 2.19 bits per heavy atom. The van der Waals surface area contributed by atoms with Gasteiger partial charge < -0.3 is 10.5 Å². The van der Waals surface area contributed by atoms with Gasteiger partial charge in [-0.05, 0) is 50.8 Å². The zero-order valence-electron chi connectivity index (χ0n) is 13.7. The Balaban J connectivity index is 2.32. The highest BCUT2D eigenvalue weighted by Crippen LogP contribution is 2.31. The van der Waals surface area contributed by atoms with Crippen molar-refractivity contribution in [2.75, 3.05) is 7.11 Å². The second kappa shape index (κ2) is 6.31. The topological polar surface area (TPSA) is 35.2 Å². The summed E-state index contributed by atoms with van der Waals surface area (Å²) in [5.41, 5.74) is 13.8. The lowest BCUT2D eigenvalue weighted by atomic mass is 9.94. The van der Waals surface area contributed by atoms with Gasteiger partial charge in [-0.2, -0.15) is 0 Å². The molecule has 112 valence electrons. The fraction of sp³-hybridized carbons (Fsp3) is 0.368. The number of nitrogens with two attached hydrogens (primary N) is 1. The molecule has 0 fully saturated rings. The van der Waals surface area contributed by atoms with Crippen LogP contribution in [0.15, 0.2) is 30.3 Å². The molecule has 2 aromatic rings. The molecular weight excluding hydrogens is 258 g/mol. The molecule has 0 aromatic heterocycles. The molecule has 0 radical (unpaired) electrons. The van der Waals surface area contributed by atoms with Crippen LogP contribution in [0.1, 0.15) is 39.4 Å². The second-order valence-corrected chi connectivity index (χ2v) is 5.94. The summed E-state index contributed by atoms with van der Waals surface area (Å²) in [7, 11) is 1.72. The average Bonchev–Trinajstić information content (AvgIpc) is 2.40. The molecule has 0 saturated carbocycles. The van der Waals surface area contributed by atoms with E-state index in [-0.39, 0.29) is 6.04 Å². The SMILES string of the molecule is COc1c(C(N)Cc2cc(C)cc(C)c2)ccc(C)c1C. The Bertz CT molecular complexity index is 626. The summed E-state index contributed by atoms with van der Waals surface area (Å²) in [5.74, 6) is 0.923. The number of hydrogen-bond acceptors (Lipinski definition) is 2. The van der Waals surface area contributed by atoms with Gasteiger partial charge in [0.2, 0.25) is 0 Å². The van der Waals surface area contributed by atoms with Crippen LogP contribution in [-0.4, -0.2) is 7.11 Å². The predicted octanol–water partition coefficient (Wildman–Crippen LogP) is 4.17. The first-order valence-corrected chi connectivity index (χ1v) is 7.39. The summed E-state index contributed by atoms with van der Waals surface area (Å²) < 4.78 is 5.58. The van der Waals surface area contributed by atoms with Gasteiger partial charge in [0.1, 0.15) is 5.75 Å². The Labute approximate surface area is 127 Å². The van der Waals surface area contributed by atoms with Crippen LogP contribution in [0.2, 0.25) is 0 Å². The van der Waals surface area contributed by atoms with E-state index >= 15 is 0 Å². The molecule has 21 heavy (non-hydrogen) atoms. The van der Waals surface area contributed by atoms with Crippen LogP contribution >= 0.6 is 0 Å². The monoisotopic (exact) mass is 283 g/mol. The van der Waals surface area contributed by atoms with Gasteiger partial charge in [-0.15, -0.1) is 0 Å². The van der Waals surface area contributed by atoms with Crippen LogP contribution in [0.5, 0.6) is 5.75 Å². The van der Waals surface area contributed by atoms with Gasteiger partial charge in [0.05, 0.1) is 7.11 Å². The van der Waals surface area contributed by atoms with Crippen molar-refractivity contribution in [3.63, 3.8) is 0 Å². The maximum absolute atomic E-state index is 6.44. The van der Waals surface area contributed by atoms with E-state index in [1.54, 1.807) is 7.11 Å². The van der Waals surface area contributed by atoms with Crippen molar-refractivity contribution in [2.45, 2.75) is 40.2 Å². The second-order valence-electron chi connectivity index (χ2n) is 5.94. The molecule has 0 saturated heterocycles. The molecule has 2 rings (SSSR count). The van der Waals surface area contributed by atoms with Crippen LogP contribution in [0.4, 0.5) is 0 Å². The van der Waals surface area contributed by atoms with Gasteiger partial charge >= 0.3 is 0 Å². The normalized spacial score (nSPS) is 12.3. The number of benzene rings is 2. The van der Waals surface area contributed by atoms with E-state index in [2.05, 4.69) is 58.0 Å². The summed E-state index contributed by atoms with van der Waals surface area (Å²) in [5, 5.41) is 0. The van der Waals surface area contributed by atoms with Crippen molar-refractivity contribution in [1.29, 1.82) is 0 Å². The van der Waals surface area contributed by atoms with Gasteiger partial charge in [0.15, 0.2) is 0 Å². The highest BCUT2D eigenvalue weighted by Gasteiger charge is 2.15. The molecule has 2 heteroatoms. The summed E-state index contributed by atoms with van der Waals surface area (Å²) in [4.78, 5) is 0. The van der Waals surface area contributed by atoms with Crippen LogP contribution < -0.4 is 10.5 Å². The number of aryl methyl sites for hydroxylation is 3. The van der Waals surface area contributed by atoms with Crippen molar-refractivity contribution in [3.05, 3.63) is 63.7 Å². The maximum Gasteiger partial charge on any atom is 0.126 e. The van der Waals surface area contributed by atoms with E-state index in [0.29, 0.717) is 0 Å². The molecule has 0 heterocycles. The van der Waals surface area contributed by atoms with Crippen LogP contribution in [0, 0.1) is 27.7 Å². The van der Waals surface area contributed by atoms with Crippen LogP contribution in [0.25, 0.3) is 0 Å². The molecule has 0 aliphatic carbocycles. The highest BCUT2D eigenvalue weighted by molar-refractivity contribution is 5.47. The summed E-state index contributed by atoms with van der Waals surface area (Å²) in [6.07, 6.45) is 0.821. The lowest BCUT2D eigenvalue weighted by molar-refractivity contribution is 0.402. The number of ether oxygens (including phenoxy) is 1. The van der Waals surface area contributed by atoms with E-state index in [1.165, 1.54) is 27.8 Å². The number of hydrogen-bond donors (Lipinski definition) is 1. The third kappa shape index (κ3) is 3.45. The third-order valence-corrected chi connectivity index (χ3v) is 4.05. The minimum atomic E-state index is -0.0551. The van der Waals surface area contributed by atoms with Crippen molar-refractivity contribution in [3.8, 4) is 5.75 Å². The molecule has 2 aromatic carbocycles. The zero-order valence-corrected chi connectivity index (χ0v) is 13.7. The van der Waals surface area contributed by atoms with Crippen molar-refractivity contribution < 1.29 is 4.74 Å². The highest BCUT2D eigenvalue weighted by atomic mass is 16.5. The molecule has 2 nitrogen and oxygen atoms in total. The minimum Gasteiger partial charge on any atom is -0.496 e. The van der Waals surface area contributed by atoms with E-state index in [4.69, 9.17) is 10.5 Å². The van der Waals surface area contributed by atoms with Gasteiger partial charge in [-0.25, -0.2) is 0 Å². The zero-order chi connectivity index (χ0) is 15.6. The fourth-order valence-corrected chi connectivity index (χ4v) is 2.92. The molecular formula is C19H25NO. The fourth-order valence-electron chi connectivity index (χ4n) is 2.92. The smallest absolute Gasteiger partial charge is 0.126 e. The molecule has 0 aliphatic heterocycles. The molecule has 2 N–H and O–H groups in total. The molecule has 0 amide bonds. The van der Waals surface area contributed by atoms with Gasteiger partial charge in [0, 0.05) is 11.6 Å². The van der Waals surface area contributed by atoms with E-state index in [9.17, 15) is 0 Å². The van der Waals surface area contributed by atoms with Crippen molar-refractivity contribution in [1.82, 2.24) is 0 Å². The van der Waals surface area contributed by atoms with Gasteiger partial charge in [-0.1, -0.05) is 41.5 Å². The van der Waals surface area contributed by atoms with Crippen molar-refractivity contribution in [2.24, 2.45) is 5.73 Å². The Hall–Kier alpha value is -1.80. The first-order valence-electron chi connectivity index (χ1n) is 7.39. The van der Waals surface area contributed by atoms with Gasteiger partial charge in [0.25, 0.3) is 0 Å². The van der Waals surface area contributed by atoms with Crippen LogP contribution in [-0.2, 0) is 6.42 Å². The Morgan fingerprint density at radius 2 is 1.62 bits per heavy atom. The minimum absolute atomic E-state index is 0.0551. The van der Waals surface area contributed by atoms with Gasteiger partial charge in [-0.3, -0.25) is 0 Å². The molecule has 0 aliphatic rings. The standard InChI is InChI=1S/C19H25NO/c1-12-8-13(2)10-16(9-12)11-18(20)17-7-6-14(3)15(4)19(17)21-5/h6-10,18H,11,20H2,1-5H3. The lowest BCUT2D eigenvalue weighted by Gasteiger charge is -2.19. The summed E-state index contributed by atoms with van der Waals surface area (Å²) in [6, 6.07) is 10.8. The Kier molecular flexibility index (Phi) is 4.69. The van der Waals surface area contributed by atoms with E-state index in [0.717, 1.165) is 17.7 Å². The Morgan fingerprint density at radius 1 is 1.00 bits per heavy atom. The third-order valence-electron chi connectivity index (χ3n) is 4.05. The first kappa shape index (κ1) is 15.6. The largest absolute Gasteiger partial charge is 0.496 e. The lowest BCUT2D eigenvalue weighted by Crippen LogP contribution is -2.15. The molecule has 1 atom stereocenters. The predicted molar refractivity (Wildman–Crippen MR) is 89.0 cm³/mol. The van der Waals surface area contributed by atoms with Crippen molar-refractivity contribution >= 4 is 0 Å². The van der Waals surface area contributed by atoms with E-state index in [1.807, 2.05) is 0 Å². The summed E-state index contributed by atoms with van der Waals surface area (Å²) in [6.45, 7) is 8.43. The number of methoxy groups -OCH3 is 1. The molecule has 0 spiro atoms. The average molecular weight is 283 g/mol. The molecule has 1 unspecified atom stereocenters. The maximum atomic E-state index is 6.44. The first-order chi connectivity index (χ1) is 9.92.